The Bertz CT molecular complexity index is 543. The van der Waals surface area contributed by atoms with Crippen molar-refractivity contribution < 1.29 is 9.90 Å². The summed E-state index contributed by atoms with van der Waals surface area (Å²) in [5.74, 6) is -0.921. The first kappa shape index (κ1) is 17.0. The number of benzene rings is 1. The molecule has 2 nitrogen and oxygen atoms in total. The molecule has 0 aliphatic carbocycles. The van der Waals surface area contributed by atoms with Gasteiger partial charge in [0, 0.05) is 6.08 Å². The normalized spacial score (nSPS) is 10.5. The molecule has 0 heterocycles. The Labute approximate surface area is 127 Å². The van der Waals surface area contributed by atoms with Crippen molar-refractivity contribution in [3.05, 3.63) is 64.3 Å². The fourth-order valence-electron chi connectivity index (χ4n) is 1.93. The minimum absolute atomic E-state index is 0.874. The third-order valence-electron chi connectivity index (χ3n) is 2.99. The van der Waals surface area contributed by atoms with Gasteiger partial charge in [0.25, 0.3) is 0 Å². The molecule has 2 heteroatoms. The van der Waals surface area contributed by atoms with Crippen LogP contribution in [-0.2, 0) is 17.6 Å². The lowest BCUT2D eigenvalue weighted by atomic mass is 10.00. The van der Waals surface area contributed by atoms with Gasteiger partial charge in [0.05, 0.1) is 0 Å². The highest BCUT2D eigenvalue weighted by atomic mass is 16.4. The molecule has 0 spiro atoms. The first-order valence-corrected chi connectivity index (χ1v) is 7.17. The number of hydrogen-bond donors (Lipinski definition) is 1. The number of carboxylic acids is 1. The summed E-state index contributed by atoms with van der Waals surface area (Å²) in [6.07, 6.45) is 8.96. The second kappa shape index (κ2) is 8.25. The van der Waals surface area contributed by atoms with E-state index >= 15 is 0 Å². The van der Waals surface area contributed by atoms with Gasteiger partial charge in [-0.2, -0.15) is 0 Å². The number of allylic oxidation sites excluding steroid dienone is 4. The van der Waals surface area contributed by atoms with E-state index in [0.717, 1.165) is 18.4 Å². The van der Waals surface area contributed by atoms with Gasteiger partial charge in [0.15, 0.2) is 0 Å². The van der Waals surface area contributed by atoms with Crippen molar-refractivity contribution in [3.63, 3.8) is 0 Å². The van der Waals surface area contributed by atoms with Crippen LogP contribution in [0.5, 0.6) is 0 Å². The Morgan fingerprint density at radius 1 is 0.952 bits per heavy atom. The van der Waals surface area contributed by atoms with Crippen molar-refractivity contribution in [1.82, 2.24) is 0 Å². The minimum Gasteiger partial charge on any atom is -0.478 e. The van der Waals surface area contributed by atoms with Crippen molar-refractivity contribution in [2.75, 3.05) is 0 Å². The summed E-state index contributed by atoms with van der Waals surface area (Å²) in [6, 6.07) is 6.28. The standard InChI is InChI=1S/C19H24O2/c1-14(2)5-7-16-11-17(8-6-15(3)4)13-18(12-16)9-10-19(20)21/h5-6,9-13H,7-8H2,1-4H3,(H,20,21). The Hall–Kier alpha value is -2.09. The molecule has 1 aromatic rings. The predicted octanol–water partition coefficient (Wildman–Crippen LogP) is 4.80. The van der Waals surface area contributed by atoms with Gasteiger partial charge in [-0.3, -0.25) is 0 Å². The molecule has 0 saturated heterocycles. The molecule has 0 aliphatic heterocycles. The number of hydrogen-bond acceptors (Lipinski definition) is 1. The summed E-state index contributed by atoms with van der Waals surface area (Å²) in [4.78, 5) is 10.7. The van der Waals surface area contributed by atoms with Crippen molar-refractivity contribution in [1.29, 1.82) is 0 Å². The zero-order valence-electron chi connectivity index (χ0n) is 13.3. The quantitative estimate of drug-likeness (QED) is 0.601. The molecular formula is C19H24O2. The maximum atomic E-state index is 10.7. The van der Waals surface area contributed by atoms with E-state index in [1.807, 2.05) is 12.1 Å². The molecule has 0 bridgehead atoms. The molecule has 1 rings (SSSR count). The van der Waals surface area contributed by atoms with Gasteiger partial charge in [-0.25, -0.2) is 4.79 Å². The van der Waals surface area contributed by atoms with Crippen LogP contribution < -0.4 is 0 Å². The molecule has 0 atom stereocenters. The van der Waals surface area contributed by atoms with Crippen molar-refractivity contribution in [3.8, 4) is 0 Å². The van der Waals surface area contributed by atoms with Gasteiger partial charge < -0.3 is 5.11 Å². The van der Waals surface area contributed by atoms with Gasteiger partial charge >= 0.3 is 5.97 Å². The maximum Gasteiger partial charge on any atom is 0.328 e. The van der Waals surface area contributed by atoms with E-state index in [-0.39, 0.29) is 0 Å². The molecule has 0 saturated carbocycles. The van der Waals surface area contributed by atoms with E-state index in [2.05, 4.69) is 45.9 Å². The summed E-state index contributed by atoms with van der Waals surface area (Å²) in [7, 11) is 0. The zero-order chi connectivity index (χ0) is 15.8. The number of carboxylic acid groups (broad SMARTS) is 1. The van der Waals surface area contributed by atoms with Crippen LogP contribution >= 0.6 is 0 Å². The van der Waals surface area contributed by atoms with Crippen LogP contribution in [0.2, 0.25) is 0 Å². The number of aliphatic carboxylic acids is 1. The average molecular weight is 284 g/mol. The van der Waals surface area contributed by atoms with Crippen LogP contribution in [0.4, 0.5) is 0 Å². The second-order valence-electron chi connectivity index (χ2n) is 5.73. The summed E-state index contributed by atoms with van der Waals surface area (Å²) in [5.41, 5.74) is 5.93. The molecule has 21 heavy (non-hydrogen) atoms. The van der Waals surface area contributed by atoms with E-state index in [9.17, 15) is 4.79 Å². The second-order valence-corrected chi connectivity index (χ2v) is 5.73. The molecular weight excluding hydrogens is 260 g/mol. The fourth-order valence-corrected chi connectivity index (χ4v) is 1.93. The molecule has 1 N–H and O–H groups in total. The van der Waals surface area contributed by atoms with Crippen molar-refractivity contribution in [2.24, 2.45) is 0 Å². The molecule has 0 aromatic heterocycles. The van der Waals surface area contributed by atoms with Crippen LogP contribution in [0.1, 0.15) is 44.4 Å². The lowest BCUT2D eigenvalue weighted by molar-refractivity contribution is -0.131. The Balaban J connectivity index is 3.09. The highest BCUT2D eigenvalue weighted by molar-refractivity contribution is 5.85. The Morgan fingerprint density at radius 3 is 1.81 bits per heavy atom. The average Bonchev–Trinajstić information content (AvgIpc) is 2.40. The highest BCUT2D eigenvalue weighted by Gasteiger charge is 1.99. The third kappa shape index (κ3) is 7.31. The van der Waals surface area contributed by atoms with Crippen LogP contribution in [0.25, 0.3) is 6.08 Å². The molecule has 0 aliphatic rings. The molecule has 0 radical (unpaired) electrons. The summed E-state index contributed by atoms with van der Waals surface area (Å²) in [5, 5.41) is 8.76. The smallest absolute Gasteiger partial charge is 0.328 e. The van der Waals surface area contributed by atoms with E-state index in [1.165, 1.54) is 28.3 Å². The fraction of sp³-hybridized carbons (Fsp3) is 0.316. The van der Waals surface area contributed by atoms with E-state index < -0.39 is 5.97 Å². The summed E-state index contributed by atoms with van der Waals surface area (Å²) in [6.45, 7) is 8.33. The maximum absolute atomic E-state index is 10.7. The molecule has 0 amide bonds. The largest absolute Gasteiger partial charge is 0.478 e. The van der Waals surface area contributed by atoms with Gasteiger partial charge in [0.2, 0.25) is 0 Å². The first-order valence-electron chi connectivity index (χ1n) is 7.17. The van der Waals surface area contributed by atoms with Crippen LogP contribution in [0, 0.1) is 0 Å². The lowest BCUT2D eigenvalue weighted by Gasteiger charge is -2.06. The number of rotatable bonds is 6. The summed E-state index contributed by atoms with van der Waals surface area (Å²) >= 11 is 0. The highest BCUT2D eigenvalue weighted by Crippen LogP contribution is 2.15. The minimum atomic E-state index is -0.921. The van der Waals surface area contributed by atoms with E-state index in [1.54, 1.807) is 6.08 Å². The Morgan fingerprint density at radius 2 is 1.43 bits per heavy atom. The van der Waals surface area contributed by atoms with Crippen LogP contribution in [0.15, 0.2) is 47.6 Å². The number of carbonyl (C=O) groups is 1. The Kier molecular flexibility index (Phi) is 6.67. The molecule has 0 fully saturated rings. The predicted molar refractivity (Wildman–Crippen MR) is 89.4 cm³/mol. The SMILES string of the molecule is CC(C)=CCc1cc(C=CC(=O)O)cc(CC=C(C)C)c1. The molecule has 112 valence electrons. The third-order valence-corrected chi connectivity index (χ3v) is 2.99. The van der Waals surface area contributed by atoms with Crippen LogP contribution in [-0.4, -0.2) is 11.1 Å². The monoisotopic (exact) mass is 284 g/mol. The van der Waals surface area contributed by atoms with Crippen molar-refractivity contribution in [2.45, 2.75) is 40.5 Å². The first-order chi connectivity index (χ1) is 9.86. The lowest BCUT2D eigenvalue weighted by Crippen LogP contribution is -1.91. The molecule has 1 aromatic carbocycles. The van der Waals surface area contributed by atoms with Gasteiger partial charge in [-0.15, -0.1) is 0 Å². The van der Waals surface area contributed by atoms with Crippen LogP contribution in [0.3, 0.4) is 0 Å². The van der Waals surface area contributed by atoms with Gasteiger partial charge in [0.1, 0.15) is 0 Å². The summed E-state index contributed by atoms with van der Waals surface area (Å²) < 4.78 is 0. The van der Waals surface area contributed by atoms with E-state index in [0.29, 0.717) is 0 Å². The van der Waals surface area contributed by atoms with Gasteiger partial charge in [-0.05, 0) is 63.3 Å². The molecule has 0 unspecified atom stereocenters. The van der Waals surface area contributed by atoms with E-state index in [4.69, 9.17) is 5.11 Å². The van der Waals surface area contributed by atoms with Gasteiger partial charge in [-0.1, -0.05) is 41.5 Å². The zero-order valence-corrected chi connectivity index (χ0v) is 13.3. The topological polar surface area (TPSA) is 37.3 Å². The van der Waals surface area contributed by atoms with Crippen molar-refractivity contribution >= 4 is 12.0 Å².